The number of carboxylic acid groups (broad SMARTS) is 1. The molecule has 0 aromatic heterocycles. The second kappa shape index (κ2) is 9.37. The van der Waals surface area contributed by atoms with Crippen molar-refractivity contribution in [1.82, 2.24) is 4.90 Å². The maximum atomic E-state index is 12.9. The average Bonchev–Trinajstić information content (AvgIpc) is 3.03. The molecule has 1 aliphatic rings. The standard InChI is InChI=1S/C23H26N2O4/c1-2-3-5-10-21(26)24-18-12-11-17-15-25(22(27)19(17)14-18)20(23(28)29)13-16-8-6-4-7-9-16/h4,6-9,11-12,14,20H,2-3,5,10,13,15H2,1H3,(H,24,26)(H,28,29)/t20-/m0/s1. The van der Waals surface area contributed by atoms with Gasteiger partial charge in [0.1, 0.15) is 6.04 Å². The van der Waals surface area contributed by atoms with Crippen LogP contribution in [0.15, 0.2) is 48.5 Å². The normalized spacial score (nSPS) is 13.8. The van der Waals surface area contributed by atoms with Crippen molar-refractivity contribution < 1.29 is 19.5 Å². The highest BCUT2D eigenvalue weighted by Gasteiger charge is 2.36. The summed E-state index contributed by atoms with van der Waals surface area (Å²) in [6.07, 6.45) is 3.58. The van der Waals surface area contributed by atoms with E-state index in [0.717, 1.165) is 30.4 Å². The largest absolute Gasteiger partial charge is 0.480 e. The molecule has 2 aromatic rings. The predicted octanol–water partition coefficient (Wildman–Crippen LogP) is 3.86. The SMILES string of the molecule is CCCCCC(=O)Nc1ccc2c(c1)C(=O)N([C@@H](Cc1ccccc1)C(=O)O)C2. The van der Waals surface area contributed by atoms with E-state index in [2.05, 4.69) is 12.2 Å². The van der Waals surface area contributed by atoms with E-state index in [4.69, 9.17) is 0 Å². The summed E-state index contributed by atoms with van der Waals surface area (Å²) >= 11 is 0. The number of benzene rings is 2. The molecule has 6 heteroatoms. The van der Waals surface area contributed by atoms with Gasteiger partial charge < -0.3 is 15.3 Å². The third-order valence-electron chi connectivity index (χ3n) is 5.17. The van der Waals surface area contributed by atoms with Crippen molar-refractivity contribution in [2.24, 2.45) is 0 Å². The van der Waals surface area contributed by atoms with Crippen molar-refractivity contribution in [2.45, 2.75) is 51.6 Å². The van der Waals surface area contributed by atoms with Gasteiger partial charge in [-0.3, -0.25) is 9.59 Å². The van der Waals surface area contributed by atoms with Gasteiger partial charge in [0.2, 0.25) is 5.91 Å². The minimum absolute atomic E-state index is 0.0757. The number of nitrogens with zero attached hydrogens (tertiary/aromatic N) is 1. The third-order valence-corrected chi connectivity index (χ3v) is 5.17. The zero-order valence-electron chi connectivity index (χ0n) is 16.6. The molecule has 0 spiro atoms. The molecule has 0 radical (unpaired) electrons. The number of amides is 2. The third kappa shape index (κ3) is 5.02. The predicted molar refractivity (Wildman–Crippen MR) is 111 cm³/mol. The fourth-order valence-corrected chi connectivity index (χ4v) is 3.58. The highest BCUT2D eigenvalue weighted by molar-refractivity contribution is 6.02. The molecule has 0 aliphatic carbocycles. The van der Waals surface area contributed by atoms with Crippen molar-refractivity contribution in [1.29, 1.82) is 0 Å². The van der Waals surface area contributed by atoms with Gasteiger partial charge in [-0.2, -0.15) is 0 Å². The van der Waals surface area contributed by atoms with E-state index >= 15 is 0 Å². The van der Waals surface area contributed by atoms with E-state index in [9.17, 15) is 19.5 Å². The van der Waals surface area contributed by atoms with Crippen LogP contribution in [0.5, 0.6) is 0 Å². The molecule has 0 unspecified atom stereocenters. The minimum atomic E-state index is -1.03. The van der Waals surface area contributed by atoms with E-state index in [1.807, 2.05) is 30.3 Å². The van der Waals surface area contributed by atoms with Gasteiger partial charge in [0.25, 0.3) is 5.91 Å². The minimum Gasteiger partial charge on any atom is -0.480 e. The highest BCUT2D eigenvalue weighted by Crippen LogP contribution is 2.28. The summed E-state index contributed by atoms with van der Waals surface area (Å²) in [5.41, 5.74) is 2.66. The smallest absolute Gasteiger partial charge is 0.326 e. The van der Waals surface area contributed by atoms with Crippen LogP contribution in [0.1, 0.15) is 54.1 Å². The molecule has 0 bridgehead atoms. The summed E-state index contributed by atoms with van der Waals surface area (Å²) in [7, 11) is 0. The van der Waals surface area contributed by atoms with E-state index in [1.165, 1.54) is 4.90 Å². The Labute approximate surface area is 170 Å². The fraction of sp³-hybridized carbons (Fsp3) is 0.348. The number of carboxylic acids is 1. The summed E-state index contributed by atoms with van der Waals surface area (Å²) in [5, 5.41) is 12.5. The Balaban J connectivity index is 1.72. The number of unbranched alkanes of at least 4 members (excludes halogenated alkanes) is 2. The molecule has 152 valence electrons. The van der Waals surface area contributed by atoms with Crippen LogP contribution in [-0.4, -0.2) is 33.8 Å². The molecule has 29 heavy (non-hydrogen) atoms. The first-order valence-electron chi connectivity index (χ1n) is 10.00. The lowest BCUT2D eigenvalue weighted by atomic mass is 10.0. The second-order valence-electron chi connectivity index (χ2n) is 7.35. The number of hydrogen-bond donors (Lipinski definition) is 2. The monoisotopic (exact) mass is 394 g/mol. The lowest BCUT2D eigenvalue weighted by Gasteiger charge is -2.24. The summed E-state index contributed by atoms with van der Waals surface area (Å²) in [4.78, 5) is 38.3. The molecule has 1 atom stereocenters. The van der Waals surface area contributed by atoms with E-state index in [-0.39, 0.29) is 24.8 Å². The molecular formula is C23H26N2O4. The van der Waals surface area contributed by atoms with Crippen LogP contribution < -0.4 is 5.32 Å². The van der Waals surface area contributed by atoms with Crippen molar-refractivity contribution in [2.75, 3.05) is 5.32 Å². The van der Waals surface area contributed by atoms with Crippen LogP contribution >= 0.6 is 0 Å². The summed E-state index contributed by atoms with van der Waals surface area (Å²) in [5.74, 6) is -1.42. The molecule has 3 rings (SSSR count). The molecule has 2 amide bonds. The molecule has 1 heterocycles. The molecule has 0 fully saturated rings. The van der Waals surface area contributed by atoms with E-state index in [1.54, 1.807) is 18.2 Å². The zero-order valence-corrected chi connectivity index (χ0v) is 16.6. The van der Waals surface area contributed by atoms with Gasteiger partial charge in [0, 0.05) is 30.6 Å². The van der Waals surface area contributed by atoms with Crippen molar-refractivity contribution in [3.05, 3.63) is 65.2 Å². The van der Waals surface area contributed by atoms with Gasteiger partial charge in [-0.15, -0.1) is 0 Å². The maximum Gasteiger partial charge on any atom is 0.326 e. The van der Waals surface area contributed by atoms with Gasteiger partial charge in [-0.1, -0.05) is 56.2 Å². The number of carbonyl (C=O) groups excluding carboxylic acids is 2. The molecule has 0 saturated carbocycles. The zero-order chi connectivity index (χ0) is 20.8. The first-order chi connectivity index (χ1) is 14.0. The van der Waals surface area contributed by atoms with Crippen LogP contribution in [0, 0.1) is 0 Å². The number of rotatable bonds is 9. The van der Waals surface area contributed by atoms with Gasteiger partial charge in [0.05, 0.1) is 0 Å². The second-order valence-corrected chi connectivity index (χ2v) is 7.35. The van der Waals surface area contributed by atoms with Crippen molar-refractivity contribution >= 4 is 23.5 Å². The van der Waals surface area contributed by atoms with E-state index in [0.29, 0.717) is 17.7 Å². The maximum absolute atomic E-state index is 12.9. The highest BCUT2D eigenvalue weighted by atomic mass is 16.4. The van der Waals surface area contributed by atoms with Gasteiger partial charge >= 0.3 is 5.97 Å². The number of aliphatic carboxylic acids is 1. The van der Waals surface area contributed by atoms with Gasteiger partial charge in [0.15, 0.2) is 0 Å². The number of anilines is 1. The summed E-state index contributed by atoms with van der Waals surface area (Å²) < 4.78 is 0. The Hall–Kier alpha value is -3.15. The topological polar surface area (TPSA) is 86.7 Å². The lowest BCUT2D eigenvalue weighted by Crippen LogP contribution is -2.42. The quantitative estimate of drug-likeness (QED) is 0.633. The Morgan fingerprint density at radius 3 is 2.59 bits per heavy atom. The first-order valence-corrected chi connectivity index (χ1v) is 10.00. The van der Waals surface area contributed by atoms with Crippen LogP contribution in [0.2, 0.25) is 0 Å². The van der Waals surface area contributed by atoms with Crippen LogP contribution in [0.4, 0.5) is 5.69 Å². The Morgan fingerprint density at radius 2 is 1.90 bits per heavy atom. The van der Waals surface area contributed by atoms with Crippen LogP contribution in [0.3, 0.4) is 0 Å². The van der Waals surface area contributed by atoms with Crippen LogP contribution in [0.25, 0.3) is 0 Å². The number of fused-ring (bicyclic) bond motifs is 1. The number of nitrogens with one attached hydrogen (secondary N) is 1. The van der Waals surface area contributed by atoms with Crippen LogP contribution in [-0.2, 0) is 22.6 Å². The van der Waals surface area contributed by atoms with Gasteiger partial charge in [-0.05, 0) is 29.7 Å². The summed E-state index contributed by atoms with van der Waals surface area (Å²) in [6, 6.07) is 13.5. The van der Waals surface area contributed by atoms with Gasteiger partial charge in [-0.25, -0.2) is 4.79 Å². The lowest BCUT2D eigenvalue weighted by molar-refractivity contribution is -0.142. The molecule has 6 nitrogen and oxygen atoms in total. The molecule has 1 aliphatic heterocycles. The van der Waals surface area contributed by atoms with Crippen molar-refractivity contribution in [3.63, 3.8) is 0 Å². The Morgan fingerprint density at radius 1 is 1.14 bits per heavy atom. The Kier molecular flexibility index (Phi) is 6.65. The number of hydrogen-bond acceptors (Lipinski definition) is 3. The summed E-state index contributed by atoms with van der Waals surface area (Å²) in [6.45, 7) is 2.33. The fourth-order valence-electron chi connectivity index (χ4n) is 3.58. The first kappa shape index (κ1) is 20.6. The molecule has 0 saturated heterocycles. The Bertz CT molecular complexity index is 895. The number of carbonyl (C=O) groups is 3. The molecule has 2 N–H and O–H groups in total. The van der Waals surface area contributed by atoms with Crippen molar-refractivity contribution in [3.8, 4) is 0 Å². The molecular weight excluding hydrogens is 368 g/mol. The van der Waals surface area contributed by atoms with E-state index < -0.39 is 12.0 Å². The average molecular weight is 394 g/mol. The molecule has 2 aromatic carbocycles.